The summed E-state index contributed by atoms with van der Waals surface area (Å²) in [6.07, 6.45) is 0.746. The van der Waals surface area contributed by atoms with Crippen molar-refractivity contribution in [3.63, 3.8) is 0 Å². The SMILES string of the molecule is COc1cccc(CCNC(=O)N(C)C(C)c2cc3ccccc3o2)c1. The average molecular weight is 352 g/mol. The number of nitrogens with zero attached hydrogens (tertiary/aromatic N) is 1. The van der Waals surface area contributed by atoms with Crippen LogP contribution in [0.1, 0.15) is 24.3 Å². The number of furan rings is 1. The molecule has 3 aromatic rings. The molecule has 0 aliphatic carbocycles. The first-order valence-corrected chi connectivity index (χ1v) is 8.70. The third-order valence-electron chi connectivity index (χ3n) is 4.58. The van der Waals surface area contributed by atoms with E-state index >= 15 is 0 Å². The molecule has 0 aliphatic heterocycles. The van der Waals surface area contributed by atoms with Crippen LogP contribution in [0.15, 0.2) is 59.0 Å². The van der Waals surface area contributed by atoms with Crippen molar-refractivity contribution in [3.05, 3.63) is 65.9 Å². The minimum atomic E-state index is -0.154. The number of fused-ring (bicyclic) bond motifs is 1. The first kappa shape index (κ1) is 17.9. The van der Waals surface area contributed by atoms with Crippen molar-refractivity contribution in [1.82, 2.24) is 10.2 Å². The highest BCUT2D eigenvalue weighted by molar-refractivity contribution is 5.78. The van der Waals surface area contributed by atoms with Gasteiger partial charge in [0.2, 0.25) is 0 Å². The van der Waals surface area contributed by atoms with Crippen molar-refractivity contribution in [2.45, 2.75) is 19.4 Å². The Morgan fingerprint density at radius 2 is 2.00 bits per heavy atom. The van der Waals surface area contributed by atoms with Crippen LogP contribution in [0.5, 0.6) is 5.75 Å². The second-order valence-electron chi connectivity index (χ2n) is 6.31. The van der Waals surface area contributed by atoms with Crippen molar-refractivity contribution < 1.29 is 13.9 Å². The Morgan fingerprint density at radius 3 is 2.77 bits per heavy atom. The maximum Gasteiger partial charge on any atom is 0.317 e. The smallest absolute Gasteiger partial charge is 0.317 e. The van der Waals surface area contributed by atoms with Crippen molar-refractivity contribution in [1.29, 1.82) is 0 Å². The van der Waals surface area contributed by atoms with Gasteiger partial charge < -0.3 is 19.4 Å². The fraction of sp³-hybridized carbons (Fsp3) is 0.286. The van der Waals surface area contributed by atoms with Crippen LogP contribution in [0.25, 0.3) is 11.0 Å². The first-order chi connectivity index (χ1) is 12.6. The molecular weight excluding hydrogens is 328 g/mol. The normalized spacial score (nSPS) is 12.0. The number of nitrogens with one attached hydrogen (secondary N) is 1. The summed E-state index contributed by atoms with van der Waals surface area (Å²) in [4.78, 5) is 14.1. The van der Waals surface area contributed by atoms with E-state index in [-0.39, 0.29) is 12.1 Å². The molecule has 1 aromatic heterocycles. The van der Waals surface area contributed by atoms with Gasteiger partial charge >= 0.3 is 6.03 Å². The lowest BCUT2D eigenvalue weighted by molar-refractivity contribution is 0.188. The second-order valence-corrected chi connectivity index (χ2v) is 6.31. The Hall–Kier alpha value is -2.95. The highest BCUT2D eigenvalue weighted by Crippen LogP contribution is 2.26. The van der Waals surface area contributed by atoms with E-state index in [2.05, 4.69) is 5.32 Å². The molecule has 3 rings (SSSR count). The predicted molar refractivity (Wildman–Crippen MR) is 102 cm³/mol. The lowest BCUT2D eigenvalue weighted by atomic mass is 10.1. The van der Waals surface area contributed by atoms with Crippen molar-refractivity contribution >= 4 is 17.0 Å². The number of amides is 2. The molecule has 0 radical (unpaired) electrons. The number of urea groups is 1. The van der Waals surface area contributed by atoms with Gasteiger partial charge in [0.05, 0.1) is 13.2 Å². The third-order valence-corrected chi connectivity index (χ3v) is 4.58. The van der Waals surface area contributed by atoms with E-state index < -0.39 is 0 Å². The Bertz CT molecular complexity index is 855. The summed E-state index contributed by atoms with van der Waals surface area (Å²) in [5, 5.41) is 4.00. The van der Waals surface area contributed by atoms with Crippen molar-refractivity contribution in [2.24, 2.45) is 0 Å². The standard InChI is InChI=1S/C21H24N2O3/c1-15(20-14-17-8-4-5-10-19(17)26-20)23(2)21(24)22-12-11-16-7-6-9-18(13-16)25-3/h4-10,13-15H,11-12H2,1-3H3,(H,22,24). The molecule has 5 heteroatoms. The number of para-hydroxylation sites is 1. The summed E-state index contributed by atoms with van der Waals surface area (Å²) in [7, 11) is 3.42. The van der Waals surface area contributed by atoms with Crippen LogP contribution >= 0.6 is 0 Å². The fourth-order valence-corrected chi connectivity index (χ4v) is 2.84. The summed E-state index contributed by atoms with van der Waals surface area (Å²) in [6, 6.07) is 17.4. The zero-order valence-electron chi connectivity index (χ0n) is 15.4. The zero-order valence-corrected chi connectivity index (χ0v) is 15.4. The quantitative estimate of drug-likeness (QED) is 0.716. The molecule has 0 saturated carbocycles. The van der Waals surface area contributed by atoms with Gasteiger partial charge in [0.15, 0.2) is 0 Å². The average Bonchev–Trinajstić information content (AvgIpc) is 3.11. The minimum absolute atomic E-state index is 0.124. The lowest BCUT2D eigenvalue weighted by Crippen LogP contribution is -2.39. The van der Waals surface area contributed by atoms with Crippen molar-refractivity contribution in [3.8, 4) is 5.75 Å². The molecule has 1 heterocycles. The number of benzene rings is 2. The van der Waals surface area contributed by atoms with Crippen LogP contribution in [0, 0.1) is 0 Å². The Labute approximate surface area is 153 Å². The van der Waals surface area contributed by atoms with Gasteiger partial charge in [0.25, 0.3) is 0 Å². The van der Waals surface area contributed by atoms with Gasteiger partial charge in [0, 0.05) is 19.0 Å². The number of carbonyl (C=O) groups excluding carboxylic acids is 1. The van der Waals surface area contributed by atoms with Crippen LogP contribution in [-0.4, -0.2) is 31.6 Å². The second kappa shape index (κ2) is 7.95. The van der Waals surface area contributed by atoms with E-state index in [0.717, 1.165) is 34.5 Å². The maximum absolute atomic E-state index is 12.4. The van der Waals surface area contributed by atoms with Crippen LogP contribution in [0.3, 0.4) is 0 Å². The molecule has 136 valence electrons. The number of ether oxygens (including phenoxy) is 1. The van der Waals surface area contributed by atoms with Crippen LogP contribution in [0.4, 0.5) is 4.79 Å². The summed E-state index contributed by atoms with van der Waals surface area (Å²) in [6.45, 7) is 2.52. The number of rotatable bonds is 6. The molecule has 1 unspecified atom stereocenters. The van der Waals surface area contributed by atoms with E-state index in [4.69, 9.17) is 9.15 Å². The molecule has 1 atom stereocenters. The molecule has 0 bridgehead atoms. The predicted octanol–water partition coefficient (Wildman–Crippen LogP) is 4.39. The van der Waals surface area contributed by atoms with Gasteiger partial charge in [-0.05, 0) is 43.2 Å². The van der Waals surface area contributed by atoms with Gasteiger partial charge in [-0.3, -0.25) is 0 Å². The highest BCUT2D eigenvalue weighted by atomic mass is 16.5. The molecule has 0 fully saturated rings. The first-order valence-electron chi connectivity index (χ1n) is 8.70. The lowest BCUT2D eigenvalue weighted by Gasteiger charge is -2.23. The molecule has 0 saturated heterocycles. The summed E-state index contributed by atoms with van der Waals surface area (Å²) >= 11 is 0. The molecule has 5 nitrogen and oxygen atoms in total. The topological polar surface area (TPSA) is 54.7 Å². The number of hydrogen-bond acceptors (Lipinski definition) is 3. The largest absolute Gasteiger partial charge is 0.497 e. The molecule has 2 amide bonds. The molecule has 26 heavy (non-hydrogen) atoms. The third kappa shape index (κ3) is 3.99. The highest BCUT2D eigenvalue weighted by Gasteiger charge is 2.20. The number of methoxy groups -OCH3 is 1. The van der Waals surface area contributed by atoms with E-state index in [1.807, 2.05) is 61.5 Å². The molecule has 0 aliphatic rings. The van der Waals surface area contributed by atoms with Crippen molar-refractivity contribution in [2.75, 3.05) is 20.7 Å². The summed E-state index contributed by atoms with van der Waals surface area (Å²) in [5.41, 5.74) is 1.96. The fourth-order valence-electron chi connectivity index (χ4n) is 2.84. The van der Waals surface area contributed by atoms with Gasteiger partial charge in [-0.2, -0.15) is 0 Å². The van der Waals surface area contributed by atoms with Gasteiger partial charge in [-0.1, -0.05) is 30.3 Å². The van der Waals surface area contributed by atoms with Crippen LogP contribution in [-0.2, 0) is 6.42 Å². The van der Waals surface area contributed by atoms with Gasteiger partial charge in [0.1, 0.15) is 17.1 Å². The number of carbonyl (C=O) groups is 1. The van der Waals surface area contributed by atoms with E-state index in [1.165, 1.54) is 0 Å². The van der Waals surface area contributed by atoms with E-state index in [9.17, 15) is 4.79 Å². The minimum Gasteiger partial charge on any atom is -0.497 e. The summed E-state index contributed by atoms with van der Waals surface area (Å²) < 4.78 is 11.1. The van der Waals surface area contributed by atoms with Gasteiger partial charge in [-0.25, -0.2) is 4.79 Å². The molecular formula is C21H24N2O3. The van der Waals surface area contributed by atoms with E-state index in [1.54, 1.807) is 19.1 Å². The molecule has 2 aromatic carbocycles. The summed E-state index contributed by atoms with van der Waals surface area (Å²) in [5.74, 6) is 1.60. The zero-order chi connectivity index (χ0) is 18.5. The van der Waals surface area contributed by atoms with Gasteiger partial charge in [-0.15, -0.1) is 0 Å². The van der Waals surface area contributed by atoms with Crippen LogP contribution in [0.2, 0.25) is 0 Å². The maximum atomic E-state index is 12.4. The van der Waals surface area contributed by atoms with E-state index in [0.29, 0.717) is 6.54 Å². The Kier molecular flexibility index (Phi) is 5.46. The monoisotopic (exact) mass is 352 g/mol. The van der Waals surface area contributed by atoms with Crippen LogP contribution < -0.4 is 10.1 Å². The number of hydrogen-bond donors (Lipinski definition) is 1. The Balaban J connectivity index is 1.56. The Morgan fingerprint density at radius 1 is 1.19 bits per heavy atom. The molecule has 1 N–H and O–H groups in total. The molecule has 0 spiro atoms.